The number of aryl methyl sites for hydroxylation is 1. The molecular weight excluding hydrogens is 216 g/mol. The molecule has 0 atom stereocenters. The number of hydrogen-bond acceptors (Lipinski definition) is 3. The van der Waals surface area contributed by atoms with Gasteiger partial charge in [0.25, 0.3) is 0 Å². The first kappa shape index (κ1) is 9.62. The van der Waals surface area contributed by atoms with Crippen molar-refractivity contribution < 1.29 is 0 Å². The minimum absolute atomic E-state index is 0.525. The van der Waals surface area contributed by atoms with Crippen molar-refractivity contribution in [3.63, 3.8) is 0 Å². The number of rotatable bonds is 2. The molecular formula is C10H9ClN2S. The van der Waals surface area contributed by atoms with E-state index in [1.54, 1.807) is 11.3 Å². The number of aromatic nitrogens is 2. The van der Waals surface area contributed by atoms with Crippen molar-refractivity contribution in [3.05, 3.63) is 35.1 Å². The zero-order chi connectivity index (χ0) is 9.97. The van der Waals surface area contributed by atoms with Crippen LogP contribution in [0.15, 0.2) is 24.7 Å². The Hall–Kier alpha value is -0.930. The average molecular weight is 225 g/mol. The second kappa shape index (κ2) is 4.07. The molecule has 0 aliphatic carbocycles. The standard InChI is InChI=1S/C10H9ClN2S/c1-7-2-8(5-12-4-7)10-13-6-9(3-11)14-10/h2,4-6H,3H2,1H3. The summed E-state index contributed by atoms with van der Waals surface area (Å²) in [7, 11) is 0. The highest BCUT2D eigenvalue weighted by atomic mass is 35.5. The molecule has 2 rings (SSSR count). The second-order valence-corrected chi connectivity index (χ2v) is 4.40. The summed E-state index contributed by atoms with van der Waals surface area (Å²) in [6.45, 7) is 2.02. The van der Waals surface area contributed by atoms with Crippen molar-refractivity contribution >= 4 is 22.9 Å². The highest BCUT2D eigenvalue weighted by Gasteiger charge is 2.04. The molecule has 0 unspecified atom stereocenters. The van der Waals surface area contributed by atoms with Crippen LogP contribution < -0.4 is 0 Å². The number of alkyl halides is 1. The maximum Gasteiger partial charge on any atom is 0.125 e. The van der Waals surface area contributed by atoms with Gasteiger partial charge in [0.15, 0.2) is 0 Å². The molecule has 2 aromatic rings. The minimum atomic E-state index is 0.525. The molecule has 72 valence electrons. The fraction of sp³-hybridized carbons (Fsp3) is 0.200. The molecule has 0 amide bonds. The van der Waals surface area contributed by atoms with E-state index in [9.17, 15) is 0 Å². The minimum Gasteiger partial charge on any atom is -0.264 e. The van der Waals surface area contributed by atoms with E-state index in [4.69, 9.17) is 11.6 Å². The fourth-order valence-electron chi connectivity index (χ4n) is 1.17. The van der Waals surface area contributed by atoms with E-state index < -0.39 is 0 Å². The first-order chi connectivity index (χ1) is 6.79. The Morgan fingerprint density at radius 3 is 2.86 bits per heavy atom. The van der Waals surface area contributed by atoms with E-state index in [2.05, 4.69) is 16.0 Å². The van der Waals surface area contributed by atoms with Gasteiger partial charge in [-0.2, -0.15) is 0 Å². The Balaban J connectivity index is 2.39. The van der Waals surface area contributed by atoms with Crippen LogP contribution in [0.1, 0.15) is 10.4 Å². The lowest BCUT2D eigenvalue weighted by molar-refractivity contribution is 1.26. The lowest BCUT2D eigenvalue weighted by Gasteiger charge is -1.95. The highest BCUT2D eigenvalue weighted by Crippen LogP contribution is 2.25. The summed E-state index contributed by atoms with van der Waals surface area (Å²) in [6.07, 6.45) is 5.47. The third-order valence-electron chi connectivity index (χ3n) is 1.81. The van der Waals surface area contributed by atoms with Crippen molar-refractivity contribution in [3.8, 4) is 10.6 Å². The van der Waals surface area contributed by atoms with Crippen molar-refractivity contribution in [1.29, 1.82) is 0 Å². The van der Waals surface area contributed by atoms with Gasteiger partial charge in [-0.25, -0.2) is 4.98 Å². The maximum absolute atomic E-state index is 5.71. The molecule has 0 saturated heterocycles. The molecule has 0 fully saturated rings. The second-order valence-electron chi connectivity index (χ2n) is 3.02. The van der Waals surface area contributed by atoms with E-state index in [1.165, 1.54) is 0 Å². The monoisotopic (exact) mass is 224 g/mol. The van der Waals surface area contributed by atoms with Gasteiger partial charge in [0.2, 0.25) is 0 Å². The van der Waals surface area contributed by atoms with Crippen LogP contribution in [-0.2, 0) is 5.88 Å². The van der Waals surface area contributed by atoms with Crippen LogP contribution in [0.3, 0.4) is 0 Å². The van der Waals surface area contributed by atoms with Gasteiger partial charge in [0, 0.05) is 29.0 Å². The summed E-state index contributed by atoms with van der Waals surface area (Å²) in [4.78, 5) is 9.51. The molecule has 0 aliphatic rings. The number of hydrogen-bond donors (Lipinski definition) is 0. The van der Waals surface area contributed by atoms with Crippen LogP contribution in [0.2, 0.25) is 0 Å². The molecule has 0 radical (unpaired) electrons. The van der Waals surface area contributed by atoms with Gasteiger partial charge >= 0.3 is 0 Å². The van der Waals surface area contributed by atoms with Crippen molar-refractivity contribution in [2.45, 2.75) is 12.8 Å². The SMILES string of the molecule is Cc1cncc(-c2ncc(CCl)s2)c1. The first-order valence-electron chi connectivity index (χ1n) is 4.22. The van der Waals surface area contributed by atoms with Crippen molar-refractivity contribution in [2.75, 3.05) is 0 Å². The molecule has 0 bridgehead atoms. The zero-order valence-corrected chi connectivity index (χ0v) is 9.27. The van der Waals surface area contributed by atoms with Crippen molar-refractivity contribution in [1.82, 2.24) is 9.97 Å². The smallest absolute Gasteiger partial charge is 0.125 e. The van der Waals surface area contributed by atoms with E-state index in [1.807, 2.05) is 25.5 Å². The predicted molar refractivity (Wildman–Crippen MR) is 59.6 cm³/mol. The van der Waals surface area contributed by atoms with Gasteiger partial charge in [-0.15, -0.1) is 22.9 Å². The number of nitrogens with zero attached hydrogens (tertiary/aromatic N) is 2. The molecule has 0 aliphatic heterocycles. The summed E-state index contributed by atoms with van der Waals surface area (Å²) in [6, 6.07) is 2.07. The molecule has 14 heavy (non-hydrogen) atoms. The quantitative estimate of drug-likeness (QED) is 0.732. The zero-order valence-electron chi connectivity index (χ0n) is 7.70. The van der Waals surface area contributed by atoms with Crippen LogP contribution in [-0.4, -0.2) is 9.97 Å². The van der Waals surface area contributed by atoms with Gasteiger partial charge in [-0.05, 0) is 18.6 Å². The summed E-state index contributed by atoms with van der Waals surface area (Å²) in [5.74, 6) is 0.525. The molecule has 4 heteroatoms. The van der Waals surface area contributed by atoms with E-state index in [-0.39, 0.29) is 0 Å². The lowest BCUT2D eigenvalue weighted by atomic mass is 10.2. The van der Waals surface area contributed by atoms with E-state index in [0.29, 0.717) is 5.88 Å². The Morgan fingerprint density at radius 1 is 1.36 bits per heavy atom. The summed E-state index contributed by atoms with van der Waals surface area (Å²) < 4.78 is 0. The van der Waals surface area contributed by atoms with Gasteiger partial charge < -0.3 is 0 Å². The Bertz CT molecular complexity index is 439. The highest BCUT2D eigenvalue weighted by molar-refractivity contribution is 7.15. The molecule has 0 spiro atoms. The maximum atomic E-state index is 5.71. The molecule has 0 aromatic carbocycles. The molecule has 2 aromatic heterocycles. The van der Waals surface area contributed by atoms with E-state index in [0.717, 1.165) is 21.0 Å². The number of pyridine rings is 1. The van der Waals surface area contributed by atoms with Crippen LogP contribution in [0.5, 0.6) is 0 Å². The largest absolute Gasteiger partial charge is 0.264 e. The molecule has 2 heterocycles. The number of halogens is 1. The molecule has 2 nitrogen and oxygen atoms in total. The van der Waals surface area contributed by atoms with Crippen LogP contribution >= 0.6 is 22.9 Å². The number of thiazole rings is 1. The third-order valence-corrected chi connectivity index (χ3v) is 3.30. The molecule has 0 N–H and O–H groups in total. The van der Waals surface area contributed by atoms with Gasteiger partial charge in [0.1, 0.15) is 5.01 Å². The Morgan fingerprint density at radius 2 is 2.21 bits per heavy atom. The Kier molecular flexibility index (Phi) is 2.79. The van der Waals surface area contributed by atoms with Gasteiger partial charge in [0.05, 0.1) is 5.88 Å². The summed E-state index contributed by atoms with van der Waals surface area (Å²) in [5.41, 5.74) is 2.21. The van der Waals surface area contributed by atoms with Gasteiger partial charge in [-0.1, -0.05) is 0 Å². The van der Waals surface area contributed by atoms with Crippen molar-refractivity contribution in [2.24, 2.45) is 0 Å². The first-order valence-corrected chi connectivity index (χ1v) is 5.57. The summed E-state index contributed by atoms with van der Waals surface area (Å²) in [5, 5.41) is 0.983. The van der Waals surface area contributed by atoms with E-state index >= 15 is 0 Å². The normalized spacial score (nSPS) is 10.4. The van der Waals surface area contributed by atoms with Crippen LogP contribution in [0, 0.1) is 6.92 Å². The van der Waals surface area contributed by atoms with Crippen LogP contribution in [0.25, 0.3) is 10.6 Å². The molecule has 0 saturated carbocycles. The predicted octanol–water partition coefficient (Wildman–Crippen LogP) is 3.25. The van der Waals surface area contributed by atoms with Crippen LogP contribution in [0.4, 0.5) is 0 Å². The lowest BCUT2D eigenvalue weighted by Crippen LogP contribution is -1.80. The Labute approximate surface area is 91.6 Å². The third kappa shape index (κ3) is 1.94. The summed E-state index contributed by atoms with van der Waals surface area (Å²) >= 11 is 7.33. The topological polar surface area (TPSA) is 25.8 Å². The average Bonchev–Trinajstić information content (AvgIpc) is 2.66. The van der Waals surface area contributed by atoms with Gasteiger partial charge in [-0.3, -0.25) is 4.98 Å². The fourth-order valence-corrected chi connectivity index (χ4v) is 2.15.